The fourth-order valence-electron chi connectivity index (χ4n) is 8.42. The highest BCUT2D eigenvalue weighted by molar-refractivity contribution is 6.02. The van der Waals surface area contributed by atoms with Gasteiger partial charge in [0.2, 0.25) is 0 Å². The number of esters is 2. The third-order valence-corrected chi connectivity index (χ3v) is 10.1. The standard InChI is InChI=1S/C29H41NO6/c1-7-24(30-26(34)15-35-17(3)31)22-14-25(36-18(4)32)28(5)11-10-23-21(27(22)28)9-8-19-13-20(33)12-16(2)29(19,23)6/h12-13,21-25,27H,7-11,14-15H2,1-6H3,(H,30,34)/t21-,22-,23+,24-,25+,27-,28-,29+/m1/s1. The molecule has 0 aromatic rings. The van der Waals surface area contributed by atoms with Crippen LogP contribution in [0.1, 0.15) is 80.1 Å². The van der Waals surface area contributed by atoms with E-state index in [1.807, 2.05) is 6.08 Å². The van der Waals surface area contributed by atoms with Crippen LogP contribution in [0.25, 0.3) is 0 Å². The topological polar surface area (TPSA) is 98.8 Å². The maximum atomic E-state index is 12.6. The number of fused-ring (bicyclic) bond motifs is 5. The molecule has 0 aliphatic heterocycles. The van der Waals surface area contributed by atoms with Gasteiger partial charge in [-0.25, -0.2) is 0 Å². The zero-order chi connectivity index (χ0) is 26.4. The predicted molar refractivity (Wildman–Crippen MR) is 135 cm³/mol. The number of ether oxygens (including phenoxy) is 2. The van der Waals surface area contributed by atoms with Crippen molar-refractivity contribution in [3.63, 3.8) is 0 Å². The summed E-state index contributed by atoms with van der Waals surface area (Å²) in [6.07, 6.45) is 8.76. The van der Waals surface area contributed by atoms with Crippen LogP contribution in [0, 0.1) is 34.5 Å². The summed E-state index contributed by atoms with van der Waals surface area (Å²) in [6, 6.07) is -0.106. The first-order valence-corrected chi connectivity index (χ1v) is 13.5. The maximum Gasteiger partial charge on any atom is 0.303 e. The molecule has 7 nitrogen and oxygen atoms in total. The van der Waals surface area contributed by atoms with Crippen LogP contribution in [0.15, 0.2) is 23.3 Å². The molecular weight excluding hydrogens is 458 g/mol. The second-order valence-corrected chi connectivity index (χ2v) is 11.8. The molecule has 8 atom stereocenters. The molecule has 198 valence electrons. The zero-order valence-corrected chi connectivity index (χ0v) is 22.5. The van der Waals surface area contributed by atoms with E-state index >= 15 is 0 Å². The molecule has 0 saturated heterocycles. The predicted octanol–water partition coefficient (Wildman–Crippen LogP) is 4.30. The van der Waals surface area contributed by atoms with E-state index < -0.39 is 5.97 Å². The van der Waals surface area contributed by atoms with Gasteiger partial charge >= 0.3 is 11.9 Å². The molecule has 3 fully saturated rings. The summed E-state index contributed by atoms with van der Waals surface area (Å²) in [5.74, 6) is 0.248. The summed E-state index contributed by atoms with van der Waals surface area (Å²) in [7, 11) is 0. The van der Waals surface area contributed by atoms with Crippen molar-refractivity contribution in [2.24, 2.45) is 34.5 Å². The van der Waals surface area contributed by atoms with Crippen molar-refractivity contribution in [1.82, 2.24) is 5.32 Å². The lowest BCUT2D eigenvalue weighted by Crippen LogP contribution is -2.54. The second-order valence-electron chi connectivity index (χ2n) is 11.8. The average Bonchev–Trinajstić information content (AvgIpc) is 3.08. The van der Waals surface area contributed by atoms with Gasteiger partial charge in [0.25, 0.3) is 5.91 Å². The number of allylic oxidation sites excluding steroid dienone is 4. The molecule has 0 unspecified atom stereocenters. The summed E-state index contributed by atoms with van der Waals surface area (Å²) in [4.78, 5) is 48.3. The Morgan fingerprint density at radius 2 is 1.86 bits per heavy atom. The highest BCUT2D eigenvalue weighted by Gasteiger charge is 2.64. The van der Waals surface area contributed by atoms with Crippen molar-refractivity contribution in [2.45, 2.75) is 92.2 Å². The van der Waals surface area contributed by atoms with E-state index in [0.29, 0.717) is 18.3 Å². The largest absolute Gasteiger partial charge is 0.462 e. The molecule has 0 heterocycles. The maximum absolute atomic E-state index is 12.6. The molecule has 7 heteroatoms. The Morgan fingerprint density at radius 3 is 2.50 bits per heavy atom. The first kappa shape index (κ1) is 26.6. The van der Waals surface area contributed by atoms with E-state index in [4.69, 9.17) is 9.47 Å². The van der Waals surface area contributed by atoms with Crippen LogP contribution in [0.3, 0.4) is 0 Å². The van der Waals surface area contributed by atoms with E-state index in [1.165, 1.54) is 19.4 Å². The molecule has 1 amide bonds. The first-order valence-electron chi connectivity index (χ1n) is 13.5. The molecule has 0 radical (unpaired) electrons. The van der Waals surface area contributed by atoms with Gasteiger partial charge in [0, 0.05) is 30.7 Å². The fourth-order valence-corrected chi connectivity index (χ4v) is 8.42. The number of carbonyl (C=O) groups excluding carboxylic acids is 4. The van der Waals surface area contributed by atoms with Crippen molar-refractivity contribution in [2.75, 3.05) is 6.61 Å². The molecular formula is C29H41NO6. The molecule has 0 aromatic heterocycles. The zero-order valence-electron chi connectivity index (χ0n) is 22.5. The van der Waals surface area contributed by atoms with Gasteiger partial charge in [0.15, 0.2) is 12.4 Å². The van der Waals surface area contributed by atoms with Crippen LogP contribution in [-0.2, 0) is 28.7 Å². The molecule has 4 aliphatic carbocycles. The van der Waals surface area contributed by atoms with Crippen LogP contribution < -0.4 is 5.32 Å². The molecule has 36 heavy (non-hydrogen) atoms. The van der Waals surface area contributed by atoms with Crippen LogP contribution in [0.4, 0.5) is 0 Å². The van der Waals surface area contributed by atoms with Gasteiger partial charge in [0.05, 0.1) is 0 Å². The molecule has 3 saturated carbocycles. The Labute approximate surface area is 214 Å². The highest BCUT2D eigenvalue weighted by Crippen LogP contribution is 2.67. The Bertz CT molecular complexity index is 1010. The first-order chi connectivity index (χ1) is 16.9. The van der Waals surface area contributed by atoms with Crippen LogP contribution in [-0.4, -0.2) is 42.4 Å². The Hall–Kier alpha value is -2.44. The van der Waals surface area contributed by atoms with E-state index in [2.05, 4.69) is 33.0 Å². The minimum absolute atomic E-state index is 0.0919. The van der Waals surface area contributed by atoms with Crippen molar-refractivity contribution in [3.05, 3.63) is 23.3 Å². The Balaban J connectivity index is 1.68. The molecule has 0 aromatic carbocycles. The van der Waals surface area contributed by atoms with Crippen molar-refractivity contribution in [3.8, 4) is 0 Å². The van der Waals surface area contributed by atoms with Crippen LogP contribution >= 0.6 is 0 Å². The minimum Gasteiger partial charge on any atom is -0.462 e. The third kappa shape index (κ3) is 4.43. The summed E-state index contributed by atoms with van der Waals surface area (Å²) in [5.41, 5.74) is 2.09. The fraction of sp³-hybridized carbons (Fsp3) is 0.724. The quantitative estimate of drug-likeness (QED) is 0.547. The van der Waals surface area contributed by atoms with Crippen molar-refractivity contribution >= 4 is 23.6 Å². The van der Waals surface area contributed by atoms with Gasteiger partial charge < -0.3 is 14.8 Å². The smallest absolute Gasteiger partial charge is 0.303 e. The SMILES string of the molecule is CC[C@@H](NC(=O)COC(C)=O)[C@H]1C[C@H](OC(C)=O)[C@@]2(C)CC[C@H]3[C@@H](CCC4=CC(=O)C=C(C)[C@@]43C)[C@H]12. The summed E-state index contributed by atoms with van der Waals surface area (Å²) < 4.78 is 10.9. The number of amides is 1. The van der Waals surface area contributed by atoms with Crippen molar-refractivity contribution in [1.29, 1.82) is 0 Å². The van der Waals surface area contributed by atoms with E-state index in [1.54, 1.807) is 6.08 Å². The van der Waals surface area contributed by atoms with Crippen LogP contribution in [0.2, 0.25) is 0 Å². The van der Waals surface area contributed by atoms with Gasteiger partial charge in [-0.15, -0.1) is 0 Å². The number of hydrogen-bond donors (Lipinski definition) is 1. The normalized spacial score (nSPS) is 37.9. The number of carbonyl (C=O) groups is 4. The lowest BCUT2D eigenvalue weighted by atomic mass is 9.46. The number of nitrogens with one attached hydrogen (secondary N) is 1. The molecule has 1 N–H and O–H groups in total. The minimum atomic E-state index is -0.481. The van der Waals surface area contributed by atoms with Gasteiger partial charge in [0.1, 0.15) is 6.10 Å². The Morgan fingerprint density at radius 1 is 1.14 bits per heavy atom. The summed E-state index contributed by atoms with van der Waals surface area (Å²) in [6.45, 7) is 11.2. The Kier molecular flexibility index (Phi) is 7.24. The van der Waals surface area contributed by atoms with E-state index in [9.17, 15) is 19.2 Å². The summed E-state index contributed by atoms with van der Waals surface area (Å²) >= 11 is 0. The average molecular weight is 500 g/mol. The molecule has 0 spiro atoms. The van der Waals surface area contributed by atoms with Gasteiger partial charge in [-0.3, -0.25) is 19.2 Å². The van der Waals surface area contributed by atoms with Crippen LogP contribution in [0.5, 0.6) is 0 Å². The van der Waals surface area contributed by atoms with E-state index in [-0.39, 0.29) is 59.1 Å². The molecule has 4 rings (SSSR count). The number of ketones is 1. The molecule has 4 aliphatic rings. The second kappa shape index (κ2) is 9.79. The number of rotatable bonds is 6. The number of hydrogen-bond acceptors (Lipinski definition) is 6. The van der Waals surface area contributed by atoms with Gasteiger partial charge in [-0.05, 0) is 81.3 Å². The third-order valence-electron chi connectivity index (χ3n) is 10.1. The lowest BCUT2D eigenvalue weighted by Gasteiger charge is -2.59. The lowest BCUT2D eigenvalue weighted by molar-refractivity contribution is -0.157. The monoisotopic (exact) mass is 499 g/mol. The highest BCUT2D eigenvalue weighted by atomic mass is 16.5. The molecule has 0 bridgehead atoms. The van der Waals surface area contributed by atoms with Crippen molar-refractivity contribution < 1.29 is 28.7 Å². The summed E-state index contributed by atoms with van der Waals surface area (Å²) in [5, 5.41) is 3.14. The van der Waals surface area contributed by atoms with Gasteiger partial charge in [-0.2, -0.15) is 0 Å². The van der Waals surface area contributed by atoms with Gasteiger partial charge in [-0.1, -0.05) is 31.9 Å². The van der Waals surface area contributed by atoms with E-state index in [0.717, 1.165) is 37.7 Å².